The van der Waals surface area contributed by atoms with E-state index < -0.39 is 0 Å². The summed E-state index contributed by atoms with van der Waals surface area (Å²) in [7, 11) is 0. The van der Waals surface area contributed by atoms with Crippen LogP contribution in [0.15, 0.2) is 23.8 Å². The average molecular weight is 120 g/mol. The van der Waals surface area contributed by atoms with E-state index in [2.05, 4.69) is 25.2 Å². The number of fused-ring (bicyclic) bond motifs is 1. The molecule has 0 radical (unpaired) electrons. The fourth-order valence-electron chi connectivity index (χ4n) is 1.90. The standard InChI is InChI=1S/C9H12/c1-7-5-6-8-3-2-4-9(7)8/h3,5-7,9H,2,4H2,1H3. The summed E-state index contributed by atoms with van der Waals surface area (Å²) in [6, 6.07) is 0. The molecular weight excluding hydrogens is 108 g/mol. The van der Waals surface area contributed by atoms with Gasteiger partial charge in [0.1, 0.15) is 0 Å². The molecule has 0 bridgehead atoms. The van der Waals surface area contributed by atoms with E-state index in [0.717, 1.165) is 11.8 Å². The van der Waals surface area contributed by atoms with Gasteiger partial charge in [-0.25, -0.2) is 0 Å². The van der Waals surface area contributed by atoms with Crippen molar-refractivity contribution in [3.63, 3.8) is 0 Å². The van der Waals surface area contributed by atoms with Crippen molar-refractivity contribution in [2.75, 3.05) is 0 Å². The summed E-state index contributed by atoms with van der Waals surface area (Å²) in [6.07, 6.45) is 9.71. The quantitative estimate of drug-likeness (QED) is 0.461. The maximum atomic E-state index is 2.38. The maximum absolute atomic E-state index is 2.38. The first-order valence-corrected chi connectivity index (χ1v) is 3.76. The molecule has 0 aromatic rings. The first kappa shape index (κ1) is 5.28. The van der Waals surface area contributed by atoms with Gasteiger partial charge >= 0.3 is 0 Å². The molecule has 48 valence electrons. The molecule has 0 saturated heterocycles. The lowest BCUT2D eigenvalue weighted by atomic mass is 9.95. The van der Waals surface area contributed by atoms with Crippen molar-refractivity contribution in [2.45, 2.75) is 19.8 Å². The van der Waals surface area contributed by atoms with Gasteiger partial charge in [0, 0.05) is 0 Å². The van der Waals surface area contributed by atoms with Crippen LogP contribution in [0, 0.1) is 11.8 Å². The molecule has 0 nitrogen and oxygen atoms in total. The van der Waals surface area contributed by atoms with Gasteiger partial charge in [-0.2, -0.15) is 0 Å². The van der Waals surface area contributed by atoms with E-state index >= 15 is 0 Å². The Kier molecular flexibility index (Phi) is 1.01. The van der Waals surface area contributed by atoms with Crippen LogP contribution < -0.4 is 0 Å². The smallest absolute Gasteiger partial charge is 0.0102 e. The zero-order valence-corrected chi connectivity index (χ0v) is 5.80. The van der Waals surface area contributed by atoms with Gasteiger partial charge in [0.05, 0.1) is 0 Å². The summed E-state index contributed by atoms with van der Waals surface area (Å²) in [5.41, 5.74) is 1.60. The molecule has 2 aliphatic rings. The fraction of sp³-hybridized carbons (Fsp3) is 0.556. The van der Waals surface area contributed by atoms with Crippen molar-refractivity contribution in [1.82, 2.24) is 0 Å². The van der Waals surface area contributed by atoms with Crippen LogP contribution in [0.1, 0.15) is 19.8 Å². The number of rotatable bonds is 0. The Morgan fingerprint density at radius 3 is 3.22 bits per heavy atom. The van der Waals surface area contributed by atoms with E-state index in [1.807, 2.05) is 0 Å². The minimum atomic E-state index is 0.818. The Labute approximate surface area is 56.3 Å². The minimum Gasteiger partial charge on any atom is -0.0810 e. The molecule has 0 saturated carbocycles. The van der Waals surface area contributed by atoms with Gasteiger partial charge in [0.25, 0.3) is 0 Å². The SMILES string of the molecule is CC1C=CC2=CCCC21. The van der Waals surface area contributed by atoms with Gasteiger partial charge < -0.3 is 0 Å². The highest BCUT2D eigenvalue weighted by atomic mass is 14.3. The van der Waals surface area contributed by atoms with E-state index in [0.29, 0.717) is 0 Å². The molecule has 0 aromatic carbocycles. The van der Waals surface area contributed by atoms with Crippen LogP contribution in [-0.4, -0.2) is 0 Å². The van der Waals surface area contributed by atoms with Crippen LogP contribution in [0.3, 0.4) is 0 Å². The minimum absolute atomic E-state index is 0.818. The second-order valence-corrected chi connectivity index (χ2v) is 3.11. The lowest BCUT2D eigenvalue weighted by molar-refractivity contribution is 0.508. The Morgan fingerprint density at radius 2 is 2.44 bits per heavy atom. The largest absolute Gasteiger partial charge is 0.0810 e. The highest BCUT2D eigenvalue weighted by molar-refractivity contribution is 5.32. The van der Waals surface area contributed by atoms with Crippen LogP contribution >= 0.6 is 0 Å². The summed E-state index contributed by atoms with van der Waals surface area (Å²) < 4.78 is 0. The first-order chi connectivity index (χ1) is 4.38. The van der Waals surface area contributed by atoms with Crippen LogP contribution in [0.5, 0.6) is 0 Å². The Bertz CT molecular complexity index is 174. The molecule has 2 rings (SSSR count). The van der Waals surface area contributed by atoms with Crippen molar-refractivity contribution < 1.29 is 0 Å². The van der Waals surface area contributed by atoms with Crippen LogP contribution in [0.4, 0.5) is 0 Å². The molecule has 2 unspecified atom stereocenters. The third kappa shape index (κ3) is 0.658. The van der Waals surface area contributed by atoms with Crippen molar-refractivity contribution in [1.29, 1.82) is 0 Å². The molecule has 0 heteroatoms. The Hall–Kier alpha value is -0.520. The predicted octanol–water partition coefficient (Wildman–Crippen LogP) is 2.53. The topological polar surface area (TPSA) is 0 Å². The van der Waals surface area contributed by atoms with Gasteiger partial charge in [-0.05, 0) is 30.3 Å². The van der Waals surface area contributed by atoms with Crippen LogP contribution in [0.2, 0.25) is 0 Å². The third-order valence-corrected chi connectivity index (χ3v) is 2.51. The molecule has 9 heavy (non-hydrogen) atoms. The fourth-order valence-corrected chi connectivity index (χ4v) is 1.90. The lowest BCUT2D eigenvalue weighted by Crippen LogP contribution is -2.01. The van der Waals surface area contributed by atoms with Gasteiger partial charge in [0.15, 0.2) is 0 Å². The molecule has 0 amide bonds. The number of hydrogen-bond acceptors (Lipinski definition) is 0. The molecule has 2 atom stereocenters. The van der Waals surface area contributed by atoms with Gasteiger partial charge in [-0.3, -0.25) is 0 Å². The highest BCUT2D eigenvalue weighted by Gasteiger charge is 2.25. The van der Waals surface area contributed by atoms with Gasteiger partial charge in [-0.1, -0.05) is 25.2 Å². The zero-order valence-electron chi connectivity index (χ0n) is 5.80. The van der Waals surface area contributed by atoms with Crippen molar-refractivity contribution in [3.05, 3.63) is 23.8 Å². The van der Waals surface area contributed by atoms with Gasteiger partial charge in [-0.15, -0.1) is 0 Å². The van der Waals surface area contributed by atoms with E-state index in [1.165, 1.54) is 12.8 Å². The van der Waals surface area contributed by atoms with Crippen molar-refractivity contribution in [2.24, 2.45) is 11.8 Å². The molecular formula is C9H12. The van der Waals surface area contributed by atoms with Gasteiger partial charge in [0.2, 0.25) is 0 Å². The second-order valence-electron chi connectivity index (χ2n) is 3.11. The molecule has 0 spiro atoms. The zero-order chi connectivity index (χ0) is 6.27. The summed E-state index contributed by atoms with van der Waals surface area (Å²) in [6.45, 7) is 2.31. The summed E-state index contributed by atoms with van der Waals surface area (Å²) in [4.78, 5) is 0. The summed E-state index contributed by atoms with van der Waals surface area (Å²) in [5, 5.41) is 0. The molecule has 0 aromatic heterocycles. The molecule has 2 aliphatic carbocycles. The normalized spacial score (nSPS) is 39.0. The number of allylic oxidation sites excluding steroid dienone is 4. The Morgan fingerprint density at radius 1 is 1.56 bits per heavy atom. The molecule has 0 heterocycles. The average Bonchev–Trinajstić information content (AvgIpc) is 2.35. The predicted molar refractivity (Wildman–Crippen MR) is 39.1 cm³/mol. The van der Waals surface area contributed by atoms with E-state index in [4.69, 9.17) is 0 Å². The number of hydrogen-bond donors (Lipinski definition) is 0. The monoisotopic (exact) mass is 120 g/mol. The molecule has 0 fully saturated rings. The van der Waals surface area contributed by atoms with Crippen molar-refractivity contribution in [3.8, 4) is 0 Å². The Balaban J connectivity index is 2.29. The van der Waals surface area contributed by atoms with Crippen molar-refractivity contribution >= 4 is 0 Å². The maximum Gasteiger partial charge on any atom is -0.0102 e. The second kappa shape index (κ2) is 1.73. The van der Waals surface area contributed by atoms with E-state index in [1.54, 1.807) is 5.57 Å². The summed E-state index contributed by atoms with van der Waals surface area (Å²) >= 11 is 0. The van der Waals surface area contributed by atoms with Crippen LogP contribution in [-0.2, 0) is 0 Å². The van der Waals surface area contributed by atoms with E-state index in [9.17, 15) is 0 Å². The first-order valence-electron chi connectivity index (χ1n) is 3.76. The highest BCUT2D eigenvalue weighted by Crippen LogP contribution is 2.38. The summed E-state index contributed by atoms with van der Waals surface area (Å²) in [5.74, 6) is 1.71. The van der Waals surface area contributed by atoms with E-state index in [-0.39, 0.29) is 0 Å². The molecule has 0 N–H and O–H groups in total. The third-order valence-electron chi connectivity index (χ3n) is 2.51. The lowest BCUT2D eigenvalue weighted by Gasteiger charge is -2.09. The van der Waals surface area contributed by atoms with Crippen LogP contribution in [0.25, 0.3) is 0 Å². The molecule has 0 aliphatic heterocycles.